The molecular formula is C21H32IN5O3S. The van der Waals surface area contributed by atoms with Crippen LogP contribution in [-0.2, 0) is 27.7 Å². The average Bonchev–Trinajstić information content (AvgIpc) is 3.21. The van der Waals surface area contributed by atoms with E-state index in [-0.39, 0.29) is 35.1 Å². The zero-order valence-electron chi connectivity index (χ0n) is 18.5. The highest BCUT2D eigenvalue weighted by Gasteiger charge is 2.29. The number of aliphatic imine (C=N–C) groups is 1. The molecule has 1 saturated heterocycles. The second-order valence-electron chi connectivity index (χ2n) is 8.48. The summed E-state index contributed by atoms with van der Waals surface area (Å²) in [7, 11) is -1.66. The average molecular weight is 561 g/mol. The Kier molecular flexibility index (Phi) is 8.90. The molecule has 0 atom stereocenters. The first kappa shape index (κ1) is 25.6. The fourth-order valence-corrected chi connectivity index (χ4v) is 4.83. The fraction of sp³-hybridized carbons (Fsp3) is 0.524. The lowest BCUT2D eigenvalue weighted by molar-refractivity contribution is 0.259. The highest BCUT2D eigenvalue weighted by Crippen LogP contribution is 2.22. The largest absolute Gasteiger partial charge is 0.364 e. The van der Waals surface area contributed by atoms with Gasteiger partial charge in [0.25, 0.3) is 0 Å². The van der Waals surface area contributed by atoms with Crippen LogP contribution in [0, 0.1) is 0 Å². The van der Waals surface area contributed by atoms with Crippen molar-refractivity contribution < 1.29 is 12.9 Å². The lowest BCUT2D eigenvalue weighted by atomic mass is 9.87. The first-order chi connectivity index (χ1) is 14.2. The van der Waals surface area contributed by atoms with Gasteiger partial charge in [0.15, 0.2) is 5.96 Å². The zero-order valence-corrected chi connectivity index (χ0v) is 21.7. The Hall–Kier alpha value is -1.66. The number of sulfonamides is 1. The maximum absolute atomic E-state index is 12.6. The molecule has 8 nitrogen and oxygen atoms in total. The predicted molar refractivity (Wildman–Crippen MR) is 133 cm³/mol. The maximum atomic E-state index is 12.6. The molecule has 1 aliphatic heterocycles. The van der Waals surface area contributed by atoms with E-state index >= 15 is 0 Å². The normalized spacial score (nSPS) is 16.1. The number of aromatic nitrogens is 1. The number of nitrogens with one attached hydrogen (secondary N) is 1. The van der Waals surface area contributed by atoms with Crippen LogP contribution >= 0.6 is 24.0 Å². The van der Waals surface area contributed by atoms with E-state index in [0.29, 0.717) is 38.4 Å². The first-order valence-corrected chi connectivity index (χ1v) is 11.7. The van der Waals surface area contributed by atoms with Crippen molar-refractivity contribution in [2.45, 2.75) is 38.5 Å². The van der Waals surface area contributed by atoms with Crippen LogP contribution in [-0.4, -0.2) is 62.0 Å². The third kappa shape index (κ3) is 6.91. The van der Waals surface area contributed by atoms with E-state index in [9.17, 15) is 8.42 Å². The number of hydrogen-bond acceptors (Lipinski definition) is 5. The van der Waals surface area contributed by atoms with Crippen molar-refractivity contribution in [1.29, 1.82) is 0 Å². The highest BCUT2D eigenvalue weighted by atomic mass is 127. The topological polar surface area (TPSA) is 91.0 Å². The number of halogens is 1. The Morgan fingerprint density at radius 2 is 1.77 bits per heavy atom. The molecule has 0 radical (unpaired) electrons. The van der Waals surface area contributed by atoms with Gasteiger partial charge in [0.2, 0.25) is 10.0 Å². The van der Waals surface area contributed by atoms with Gasteiger partial charge in [-0.3, -0.25) is 4.99 Å². The van der Waals surface area contributed by atoms with E-state index in [0.717, 1.165) is 5.96 Å². The van der Waals surface area contributed by atoms with Gasteiger partial charge in [-0.1, -0.05) is 50.2 Å². The Labute approximate surface area is 202 Å². The summed E-state index contributed by atoms with van der Waals surface area (Å²) in [6.07, 6.45) is 1.38. The molecule has 1 aromatic carbocycles. The molecule has 0 unspecified atom stereocenters. The molecular weight excluding hydrogens is 529 g/mol. The van der Waals surface area contributed by atoms with Gasteiger partial charge in [-0.25, -0.2) is 8.42 Å². The van der Waals surface area contributed by atoms with Gasteiger partial charge in [0.05, 0.1) is 5.69 Å². The SMILES string of the molecule is CN=C(NCc1ccc(C(C)(C)C)cc1)N1CCN(S(=O)(=O)Cc2ccon2)CC1.I. The van der Waals surface area contributed by atoms with Crippen molar-refractivity contribution in [1.82, 2.24) is 19.7 Å². The Balaban J connectivity index is 0.00000341. The third-order valence-electron chi connectivity index (χ3n) is 5.24. The molecule has 1 fully saturated rings. The van der Waals surface area contributed by atoms with E-state index in [2.05, 4.69) is 65.4 Å². The number of rotatable bonds is 5. The molecule has 10 heteroatoms. The summed E-state index contributed by atoms with van der Waals surface area (Å²) >= 11 is 0. The molecule has 0 amide bonds. The lowest BCUT2D eigenvalue weighted by Gasteiger charge is -2.35. The Morgan fingerprint density at radius 1 is 1.13 bits per heavy atom. The molecule has 31 heavy (non-hydrogen) atoms. The summed E-state index contributed by atoms with van der Waals surface area (Å²) in [5, 5.41) is 7.09. The van der Waals surface area contributed by atoms with Gasteiger partial charge in [-0.05, 0) is 16.5 Å². The molecule has 1 aliphatic rings. The Bertz CT molecular complexity index is 946. The minimum atomic E-state index is -3.41. The third-order valence-corrected chi connectivity index (χ3v) is 7.05. The van der Waals surface area contributed by atoms with Crippen LogP contribution in [0.15, 0.2) is 46.1 Å². The standard InChI is InChI=1S/C21H31N5O3S.HI/c1-21(2,3)18-7-5-17(6-8-18)15-23-20(22-4)25-10-12-26(13-11-25)30(27,28)16-19-9-14-29-24-19;/h5-9,14H,10-13,15-16H2,1-4H3,(H,22,23);1H. The van der Waals surface area contributed by atoms with Crippen LogP contribution in [0.25, 0.3) is 0 Å². The minimum Gasteiger partial charge on any atom is -0.364 e. The second-order valence-corrected chi connectivity index (χ2v) is 10.4. The first-order valence-electron chi connectivity index (χ1n) is 10.1. The van der Waals surface area contributed by atoms with Crippen molar-refractivity contribution >= 4 is 40.0 Å². The van der Waals surface area contributed by atoms with E-state index in [1.807, 2.05) is 0 Å². The molecule has 172 valence electrons. The summed E-state index contributed by atoms with van der Waals surface area (Å²) in [5.41, 5.74) is 3.04. The van der Waals surface area contributed by atoms with E-state index in [1.54, 1.807) is 13.1 Å². The quantitative estimate of drug-likeness (QED) is 0.343. The van der Waals surface area contributed by atoms with E-state index in [4.69, 9.17) is 4.52 Å². The van der Waals surface area contributed by atoms with Gasteiger partial charge in [0, 0.05) is 45.8 Å². The van der Waals surface area contributed by atoms with Crippen molar-refractivity contribution in [2.24, 2.45) is 4.99 Å². The van der Waals surface area contributed by atoms with E-state index < -0.39 is 10.0 Å². The Morgan fingerprint density at radius 3 is 2.29 bits per heavy atom. The lowest BCUT2D eigenvalue weighted by Crippen LogP contribution is -2.53. The van der Waals surface area contributed by atoms with Crippen LogP contribution in [0.1, 0.15) is 37.6 Å². The number of benzene rings is 1. The van der Waals surface area contributed by atoms with Crippen molar-refractivity contribution in [3.63, 3.8) is 0 Å². The van der Waals surface area contributed by atoms with Crippen LogP contribution in [0.3, 0.4) is 0 Å². The molecule has 2 heterocycles. The molecule has 0 bridgehead atoms. The maximum Gasteiger partial charge on any atom is 0.220 e. The molecule has 1 N–H and O–H groups in total. The molecule has 1 aromatic heterocycles. The zero-order chi connectivity index (χ0) is 21.8. The second kappa shape index (κ2) is 10.8. The molecule has 0 spiro atoms. The summed E-state index contributed by atoms with van der Waals surface area (Å²) in [6.45, 7) is 9.28. The van der Waals surface area contributed by atoms with Crippen molar-refractivity contribution in [2.75, 3.05) is 33.2 Å². The smallest absolute Gasteiger partial charge is 0.220 e. The molecule has 0 aliphatic carbocycles. The van der Waals surface area contributed by atoms with Gasteiger partial charge in [-0.15, -0.1) is 24.0 Å². The van der Waals surface area contributed by atoms with Crippen LogP contribution in [0.5, 0.6) is 0 Å². The predicted octanol–water partition coefficient (Wildman–Crippen LogP) is 2.81. The molecule has 2 aromatic rings. The highest BCUT2D eigenvalue weighted by molar-refractivity contribution is 14.0. The van der Waals surface area contributed by atoms with Gasteiger partial charge < -0.3 is 14.7 Å². The minimum absolute atomic E-state index is 0. The van der Waals surface area contributed by atoms with Crippen molar-refractivity contribution in [3.8, 4) is 0 Å². The van der Waals surface area contributed by atoms with Crippen LogP contribution < -0.4 is 5.32 Å². The molecule has 0 saturated carbocycles. The van der Waals surface area contributed by atoms with Crippen LogP contribution in [0.2, 0.25) is 0 Å². The number of piperazine rings is 1. The number of guanidine groups is 1. The summed E-state index contributed by atoms with van der Waals surface area (Å²) in [5.74, 6) is 0.643. The summed E-state index contributed by atoms with van der Waals surface area (Å²) in [6, 6.07) is 10.2. The van der Waals surface area contributed by atoms with Crippen LogP contribution in [0.4, 0.5) is 0 Å². The van der Waals surface area contributed by atoms with Gasteiger partial charge in [0.1, 0.15) is 12.0 Å². The molecule has 3 rings (SSSR count). The summed E-state index contributed by atoms with van der Waals surface area (Å²) in [4.78, 5) is 6.46. The number of hydrogen-bond donors (Lipinski definition) is 1. The fourth-order valence-electron chi connectivity index (χ4n) is 3.40. The summed E-state index contributed by atoms with van der Waals surface area (Å²) < 4.78 is 31.4. The van der Waals surface area contributed by atoms with Crippen molar-refractivity contribution in [3.05, 3.63) is 53.4 Å². The van der Waals surface area contributed by atoms with Gasteiger partial charge in [-0.2, -0.15) is 4.31 Å². The van der Waals surface area contributed by atoms with E-state index in [1.165, 1.54) is 21.7 Å². The van der Waals surface area contributed by atoms with Gasteiger partial charge >= 0.3 is 0 Å². The number of nitrogens with zero attached hydrogens (tertiary/aromatic N) is 4. The monoisotopic (exact) mass is 561 g/mol.